The van der Waals surface area contributed by atoms with Gasteiger partial charge in [0.25, 0.3) is 27.9 Å². The van der Waals surface area contributed by atoms with Crippen molar-refractivity contribution < 1.29 is 22.0 Å². The van der Waals surface area contributed by atoms with E-state index >= 15 is 0 Å². The maximum Gasteiger partial charge on any atom is 0.349 e. The Hall–Kier alpha value is -3.35. The number of aromatic nitrogens is 4. The van der Waals surface area contributed by atoms with Crippen LogP contribution in [-0.2, 0) is 14.8 Å². The first-order valence-electron chi connectivity index (χ1n) is 9.56. The Morgan fingerprint density at radius 3 is 2.44 bits per heavy atom. The monoisotopic (exact) mass is 469 g/mol. The molecule has 0 radical (unpaired) electrons. The van der Waals surface area contributed by atoms with Crippen molar-refractivity contribution in [1.29, 1.82) is 0 Å². The van der Waals surface area contributed by atoms with Gasteiger partial charge in [-0.05, 0) is 32.0 Å². The van der Waals surface area contributed by atoms with Crippen molar-refractivity contribution in [3.05, 3.63) is 50.8 Å². The average Bonchev–Trinajstić information content (AvgIpc) is 3.18. The molecule has 3 rings (SSSR count). The minimum absolute atomic E-state index is 0.0119. The number of benzene rings is 1. The van der Waals surface area contributed by atoms with Gasteiger partial charge in [0.05, 0.1) is 22.9 Å². The van der Waals surface area contributed by atoms with E-state index in [0.717, 1.165) is 12.1 Å². The largest absolute Gasteiger partial charge is 0.349 e. The van der Waals surface area contributed by atoms with Crippen LogP contribution < -0.4 is 15.7 Å². The molecule has 0 aliphatic rings. The fourth-order valence-electron chi connectivity index (χ4n) is 3.36. The first-order valence-corrected chi connectivity index (χ1v) is 11.4. The third kappa shape index (κ3) is 3.95. The predicted molar refractivity (Wildman–Crippen MR) is 114 cm³/mol. The molecule has 10 nitrogen and oxygen atoms in total. The Kier molecular flexibility index (Phi) is 6.05. The number of hydrogen-bond donors (Lipinski definition) is 1. The lowest BCUT2D eigenvalue weighted by molar-refractivity contribution is -0.118. The van der Waals surface area contributed by atoms with E-state index in [4.69, 9.17) is 0 Å². The van der Waals surface area contributed by atoms with Crippen molar-refractivity contribution in [3.8, 4) is 11.3 Å². The summed E-state index contributed by atoms with van der Waals surface area (Å²) in [7, 11) is -4.34. The third-order valence-electron chi connectivity index (χ3n) is 4.73. The van der Waals surface area contributed by atoms with Gasteiger partial charge in [-0.2, -0.15) is 5.10 Å². The van der Waals surface area contributed by atoms with E-state index in [1.807, 2.05) is 0 Å². The normalized spacial score (nSPS) is 12.1. The quantitative estimate of drug-likeness (QED) is 0.588. The van der Waals surface area contributed by atoms with Gasteiger partial charge in [-0.3, -0.25) is 14.3 Å². The van der Waals surface area contributed by atoms with E-state index in [9.17, 15) is 31.6 Å². The number of fused-ring (bicyclic) bond motifs is 1. The Morgan fingerprint density at radius 2 is 1.91 bits per heavy atom. The molecule has 0 saturated carbocycles. The number of aromatic amines is 1. The van der Waals surface area contributed by atoms with Gasteiger partial charge < -0.3 is 4.98 Å². The molecule has 0 aliphatic heterocycles. The average molecular weight is 469 g/mol. The summed E-state index contributed by atoms with van der Waals surface area (Å²) < 4.78 is 53.8. The molecule has 1 aromatic carbocycles. The van der Waals surface area contributed by atoms with Crippen LogP contribution in [0, 0.1) is 0 Å². The Bertz CT molecular complexity index is 1420. The number of nitrogens with zero attached hydrogens (tertiary/aromatic N) is 4. The molecule has 0 fully saturated rings. The highest BCUT2D eigenvalue weighted by Gasteiger charge is 2.29. The number of H-pyrrole nitrogens is 1. The summed E-state index contributed by atoms with van der Waals surface area (Å²) >= 11 is 0. The van der Waals surface area contributed by atoms with Crippen molar-refractivity contribution >= 4 is 26.8 Å². The number of sulfonamides is 1. The zero-order valence-electron chi connectivity index (χ0n) is 17.7. The summed E-state index contributed by atoms with van der Waals surface area (Å²) in [5.41, 5.74) is -2.77. The number of rotatable bonds is 6. The minimum atomic E-state index is -4.34. The fraction of sp³-hybridized carbons (Fsp3) is 0.368. The van der Waals surface area contributed by atoms with E-state index in [-0.39, 0.29) is 38.0 Å². The number of hydrogen-bond acceptors (Lipinski definition) is 6. The number of carbonyl (C=O) groups excluding carboxylic acids is 1. The molecule has 2 aromatic heterocycles. The van der Waals surface area contributed by atoms with Crippen LogP contribution in [-0.4, -0.2) is 40.0 Å². The van der Waals surface area contributed by atoms with Crippen LogP contribution >= 0.6 is 0 Å². The molecule has 2 heterocycles. The van der Waals surface area contributed by atoms with Crippen molar-refractivity contribution in [3.63, 3.8) is 0 Å². The van der Waals surface area contributed by atoms with E-state index in [0.29, 0.717) is 11.9 Å². The molecule has 0 unspecified atom stereocenters. The summed E-state index contributed by atoms with van der Waals surface area (Å²) in [4.78, 5) is 40.2. The zero-order valence-corrected chi connectivity index (χ0v) is 18.5. The molecule has 0 atom stereocenters. The van der Waals surface area contributed by atoms with Gasteiger partial charge >= 0.3 is 5.69 Å². The van der Waals surface area contributed by atoms with Crippen LogP contribution in [0.25, 0.3) is 22.2 Å². The molecule has 0 saturated heterocycles. The summed E-state index contributed by atoms with van der Waals surface area (Å²) in [6.07, 6.45) is -1.15. The number of halogens is 2. The van der Waals surface area contributed by atoms with Crippen LogP contribution in [0.3, 0.4) is 0 Å². The van der Waals surface area contributed by atoms with Crippen molar-refractivity contribution in [2.24, 2.45) is 0 Å². The molecular weight excluding hydrogens is 448 g/mol. The minimum Gasteiger partial charge on any atom is -0.305 e. The van der Waals surface area contributed by atoms with Crippen molar-refractivity contribution in [1.82, 2.24) is 19.4 Å². The van der Waals surface area contributed by atoms with Crippen molar-refractivity contribution in [2.45, 2.75) is 39.7 Å². The van der Waals surface area contributed by atoms with Gasteiger partial charge in [-0.25, -0.2) is 22.0 Å². The highest BCUT2D eigenvalue weighted by molar-refractivity contribution is 7.92. The van der Waals surface area contributed by atoms with Gasteiger partial charge in [-0.15, -0.1) is 9.09 Å². The molecule has 0 bridgehead atoms. The Balaban J connectivity index is 2.44. The van der Waals surface area contributed by atoms with E-state index in [2.05, 4.69) is 10.1 Å². The third-order valence-corrected chi connectivity index (χ3v) is 5.72. The Labute approximate surface area is 181 Å². The first kappa shape index (κ1) is 23.3. The maximum atomic E-state index is 13.9. The van der Waals surface area contributed by atoms with Crippen LogP contribution in [0.2, 0.25) is 0 Å². The molecular formula is C19H21F2N5O5S. The van der Waals surface area contributed by atoms with Gasteiger partial charge in [0.1, 0.15) is 0 Å². The second-order valence-corrected chi connectivity index (χ2v) is 9.15. The van der Waals surface area contributed by atoms with Crippen LogP contribution in [0.15, 0.2) is 34.0 Å². The lowest BCUT2D eigenvalue weighted by Crippen LogP contribution is -2.55. The summed E-state index contributed by atoms with van der Waals surface area (Å²) in [5.74, 6) is -1.01. The molecule has 0 spiro atoms. The fourth-order valence-corrected chi connectivity index (χ4v) is 4.30. The predicted octanol–water partition coefficient (Wildman–Crippen LogP) is 1.91. The molecule has 1 amide bonds. The number of carbonyl (C=O) groups is 1. The summed E-state index contributed by atoms with van der Waals surface area (Å²) in [6, 6.07) is 3.42. The molecule has 13 heteroatoms. The molecule has 0 aliphatic carbocycles. The second kappa shape index (κ2) is 8.30. The highest BCUT2D eigenvalue weighted by Crippen LogP contribution is 2.34. The lowest BCUT2D eigenvalue weighted by Gasteiger charge is -2.21. The van der Waals surface area contributed by atoms with E-state index in [1.165, 1.54) is 23.9 Å². The van der Waals surface area contributed by atoms with E-state index < -0.39 is 39.2 Å². The van der Waals surface area contributed by atoms with Gasteiger partial charge in [0, 0.05) is 29.8 Å². The second-order valence-electron chi connectivity index (χ2n) is 7.34. The van der Waals surface area contributed by atoms with E-state index in [1.54, 1.807) is 13.8 Å². The summed E-state index contributed by atoms with van der Waals surface area (Å²) in [5, 5.41) is 3.87. The standard InChI is InChI=1S/C19H21F2N5O5S/c1-5-16(27)26(32(4,30)31)25-18(28)13-8-11(15-6-7-22-24(15)10(2)3)12(17(20)21)9-14(13)23-19(25)29/h6-10,17H,5H2,1-4H3,(H,23,29). The number of alkyl halides is 2. The SMILES string of the molecule is CCC(=O)N(n1c(=O)[nH]c2cc(C(F)F)c(-c3ccnn3C(C)C)cc2c1=O)S(C)(=O)=O. The van der Waals surface area contributed by atoms with Gasteiger partial charge in [0.15, 0.2) is 0 Å². The molecule has 32 heavy (non-hydrogen) atoms. The number of amides is 1. The van der Waals surface area contributed by atoms with Crippen LogP contribution in [0.5, 0.6) is 0 Å². The van der Waals surface area contributed by atoms with Crippen molar-refractivity contribution in [2.75, 3.05) is 10.7 Å². The number of nitrogens with one attached hydrogen (secondary N) is 1. The van der Waals surface area contributed by atoms with Crippen LogP contribution in [0.4, 0.5) is 8.78 Å². The smallest absolute Gasteiger partial charge is 0.305 e. The maximum absolute atomic E-state index is 13.9. The van der Waals surface area contributed by atoms with Gasteiger partial charge in [0.2, 0.25) is 0 Å². The topological polar surface area (TPSA) is 127 Å². The molecule has 3 aromatic rings. The summed E-state index contributed by atoms with van der Waals surface area (Å²) in [6.45, 7) is 4.95. The molecule has 1 N–H and O–H groups in total. The lowest BCUT2D eigenvalue weighted by atomic mass is 10.0. The Morgan fingerprint density at radius 1 is 1.25 bits per heavy atom. The zero-order chi connectivity index (χ0) is 24.0. The van der Waals surface area contributed by atoms with Gasteiger partial charge in [-0.1, -0.05) is 6.92 Å². The van der Waals surface area contributed by atoms with Crippen LogP contribution in [0.1, 0.15) is 45.2 Å². The first-order chi connectivity index (χ1) is 14.9. The highest BCUT2D eigenvalue weighted by atomic mass is 32.2. The molecule has 172 valence electrons.